The van der Waals surface area contributed by atoms with Crippen molar-refractivity contribution in [3.8, 4) is 0 Å². The summed E-state index contributed by atoms with van der Waals surface area (Å²) < 4.78 is 0. The van der Waals surface area contributed by atoms with Crippen LogP contribution in [0.2, 0.25) is 0 Å². The van der Waals surface area contributed by atoms with Crippen molar-refractivity contribution >= 4 is 17.8 Å². The Kier molecular flexibility index (Phi) is 6.80. The molecule has 1 aliphatic rings. The first kappa shape index (κ1) is 17.2. The van der Waals surface area contributed by atoms with Gasteiger partial charge in [0, 0.05) is 38.9 Å². The van der Waals surface area contributed by atoms with Gasteiger partial charge in [0.25, 0.3) is 0 Å². The Morgan fingerprint density at radius 3 is 2.65 bits per heavy atom. The summed E-state index contributed by atoms with van der Waals surface area (Å²) in [7, 11) is 0. The normalized spacial score (nSPS) is 15.3. The van der Waals surface area contributed by atoms with Crippen LogP contribution in [0.1, 0.15) is 19.8 Å². The van der Waals surface area contributed by atoms with Gasteiger partial charge in [0.2, 0.25) is 5.91 Å². The second-order valence-electron chi connectivity index (χ2n) is 5.61. The van der Waals surface area contributed by atoms with Crippen LogP contribution in [-0.2, 0) is 4.79 Å². The van der Waals surface area contributed by atoms with Crippen LogP contribution in [-0.4, -0.2) is 61.1 Å². The van der Waals surface area contributed by atoms with E-state index in [1.54, 1.807) is 6.20 Å². The predicted octanol–water partition coefficient (Wildman–Crippen LogP) is 0.830. The third kappa shape index (κ3) is 5.86. The summed E-state index contributed by atoms with van der Waals surface area (Å²) in [5, 5.41) is 5.05. The number of hydrogen-bond donors (Lipinski definition) is 2. The lowest BCUT2D eigenvalue weighted by Crippen LogP contribution is -2.51. The average molecular weight is 319 g/mol. The number of nitrogens with zero attached hydrogens (tertiary/aromatic N) is 3. The van der Waals surface area contributed by atoms with Crippen LogP contribution >= 0.6 is 0 Å². The highest BCUT2D eigenvalue weighted by molar-refractivity contribution is 5.95. The Hall–Kier alpha value is -2.15. The van der Waals surface area contributed by atoms with E-state index >= 15 is 0 Å². The van der Waals surface area contributed by atoms with Gasteiger partial charge in [-0.15, -0.1) is 0 Å². The van der Waals surface area contributed by atoms with E-state index in [2.05, 4.69) is 27.4 Å². The Morgan fingerprint density at radius 1 is 1.22 bits per heavy atom. The molecule has 0 saturated carbocycles. The minimum absolute atomic E-state index is 0.247. The van der Waals surface area contributed by atoms with Crippen molar-refractivity contribution in [2.75, 3.05) is 44.2 Å². The summed E-state index contributed by atoms with van der Waals surface area (Å²) in [6.45, 7) is 6.11. The lowest BCUT2D eigenvalue weighted by Gasteiger charge is -2.34. The summed E-state index contributed by atoms with van der Waals surface area (Å²) in [5.41, 5.74) is 0. The van der Waals surface area contributed by atoms with Gasteiger partial charge < -0.3 is 10.2 Å². The van der Waals surface area contributed by atoms with E-state index in [0.29, 0.717) is 6.54 Å². The second kappa shape index (κ2) is 9.09. The zero-order valence-corrected chi connectivity index (χ0v) is 13.6. The average Bonchev–Trinajstić information content (AvgIpc) is 2.56. The van der Waals surface area contributed by atoms with E-state index in [9.17, 15) is 9.59 Å². The molecule has 0 radical (unpaired) electrons. The van der Waals surface area contributed by atoms with Crippen molar-refractivity contribution in [3.05, 3.63) is 24.4 Å². The van der Waals surface area contributed by atoms with E-state index in [1.165, 1.54) is 0 Å². The lowest BCUT2D eigenvalue weighted by atomic mass is 10.3. The number of carbonyl (C=O) groups is 2. The molecule has 2 heterocycles. The molecule has 23 heavy (non-hydrogen) atoms. The van der Waals surface area contributed by atoms with Gasteiger partial charge in [0.1, 0.15) is 5.82 Å². The summed E-state index contributed by atoms with van der Waals surface area (Å²) in [4.78, 5) is 32.0. The highest BCUT2D eigenvalue weighted by atomic mass is 16.2. The van der Waals surface area contributed by atoms with Crippen LogP contribution in [0, 0.1) is 0 Å². The van der Waals surface area contributed by atoms with Crippen LogP contribution in [0.3, 0.4) is 0 Å². The van der Waals surface area contributed by atoms with Crippen LogP contribution in [0.4, 0.5) is 10.6 Å². The fourth-order valence-corrected chi connectivity index (χ4v) is 2.47. The maximum Gasteiger partial charge on any atom is 0.321 e. The van der Waals surface area contributed by atoms with E-state index in [1.807, 2.05) is 23.1 Å². The molecular formula is C16H25N5O2. The molecule has 7 heteroatoms. The van der Waals surface area contributed by atoms with Crippen LogP contribution in [0.25, 0.3) is 0 Å². The Labute approximate surface area is 137 Å². The molecule has 1 aromatic rings. The third-order valence-corrected chi connectivity index (χ3v) is 3.78. The van der Waals surface area contributed by atoms with Crippen LogP contribution in [0.5, 0.6) is 0 Å². The number of anilines is 1. The molecule has 2 N–H and O–H groups in total. The molecule has 0 bridgehead atoms. The van der Waals surface area contributed by atoms with Gasteiger partial charge in [0.05, 0.1) is 6.54 Å². The van der Waals surface area contributed by atoms with Gasteiger partial charge in [-0.3, -0.25) is 15.0 Å². The minimum Gasteiger partial charge on any atom is -0.354 e. The number of rotatable bonds is 6. The van der Waals surface area contributed by atoms with Crippen molar-refractivity contribution in [2.45, 2.75) is 19.8 Å². The quantitative estimate of drug-likeness (QED) is 0.760. The number of amides is 3. The number of nitrogens with one attached hydrogen (secondary N) is 2. The van der Waals surface area contributed by atoms with Crippen molar-refractivity contribution in [2.24, 2.45) is 0 Å². The monoisotopic (exact) mass is 319 g/mol. The molecule has 1 saturated heterocycles. The number of pyridine rings is 1. The van der Waals surface area contributed by atoms with Crippen molar-refractivity contribution in [1.82, 2.24) is 20.5 Å². The molecule has 0 unspecified atom stereocenters. The van der Waals surface area contributed by atoms with E-state index in [4.69, 9.17) is 0 Å². The molecule has 0 aliphatic carbocycles. The first-order chi connectivity index (χ1) is 11.2. The molecular weight excluding hydrogens is 294 g/mol. The maximum atomic E-state index is 11.9. The zero-order valence-electron chi connectivity index (χ0n) is 13.6. The maximum absolute atomic E-state index is 11.9. The number of imide groups is 1. The fraction of sp³-hybridized carbons (Fsp3) is 0.562. The van der Waals surface area contributed by atoms with E-state index in [0.717, 1.165) is 44.8 Å². The Morgan fingerprint density at radius 2 is 2.00 bits per heavy atom. The number of urea groups is 1. The summed E-state index contributed by atoms with van der Waals surface area (Å²) in [6.07, 6.45) is 3.71. The number of unbranched alkanes of at least 4 members (excludes halogenated alkanes) is 1. The zero-order chi connectivity index (χ0) is 16.5. The Bertz CT molecular complexity index is 500. The first-order valence-corrected chi connectivity index (χ1v) is 8.15. The van der Waals surface area contributed by atoms with Gasteiger partial charge in [-0.1, -0.05) is 19.4 Å². The van der Waals surface area contributed by atoms with Gasteiger partial charge in [-0.25, -0.2) is 9.78 Å². The predicted molar refractivity (Wildman–Crippen MR) is 89.3 cm³/mol. The van der Waals surface area contributed by atoms with Crippen molar-refractivity contribution in [3.63, 3.8) is 0 Å². The summed E-state index contributed by atoms with van der Waals surface area (Å²) >= 11 is 0. The molecule has 1 fully saturated rings. The molecule has 7 nitrogen and oxygen atoms in total. The van der Waals surface area contributed by atoms with Gasteiger partial charge in [0.15, 0.2) is 0 Å². The first-order valence-electron chi connectivity index (χ1n) is 8.15. The molecule has 1 aliphatic heterocycles. The number of hydrogen-bond acceptors (Lipinski definition) is 5. The molecule has 0 spiro atoms. The molecule has 0 aromatic carbocycles. The van der Waals surface area contributed by atoms with Crippen molar-refractivity contribution in [1.29, 1.82) is 0 Å². The fourth-order valence-electron chi connectivity index (χ4n) is 2.47. The van der Waals surface area contributed by atoms with Crippen LogP contribution in [0.15, 0.2) is 24.4 Å². The van der Waals surface area contributed by atoms with Gasteiger partial charge in [-0.2, -0.15) is 0 Å². The highest BCUT2D eigenvalue weighted by Gasteiger charge is 2.20. The molecule has 126 valence electrons. The number of piperazine rings is 1. The SMILES string of the molecule is CCCCNC(=O)NC(=O)CN1CCN(c2ccccn2)CC1. The topological polar surface area (TPSA) is 77.6 Å². The molecule has 0 atom stereocenters. The van der Waals surface area contributed by atoms with Gasteiger partial charge >= 0.3 is 6.03 Å². The molecule has 3 amide bonds. The van der Waals surface area contributed by atoms with Crippen molar-refractivity contribution < 1.29 is 9.59 Å². The number of aromatic nitrogens is 1. The lowest BCUT2D eigenvalue weighted by molar-refractivity contribution is -0.121. The van der Waals surface area contributed by atoms with Gasteiger partial charge in [-0.05, 0) is 18.6 Å². The number of carbonyl (C=O) groups excluding carboxylic acids is 2. The highest BCUT2D eigenvalue weighted by Crippen LogP contribution is 2.12. The summed E-state index contributed by atoms with van der Waals surface area (Å²) in [6, 6.07) is 5.45. The standard InChI is InChI=1S/C16H25N5O2/c1-2-3-7-18-16(23)19-15(22)13-20-9-11-21(12-10-20)14-6-4-5-8-17-14/h4-6,8H,2-3,7,9-13H2,1H3,(H2,18,19,22,23). The minimum atomic E-state index is -0.407. The van der Waals surface area contributed by atoms with E-state index in [-0.39, 0.29) is 12.5 Å². The largest absolute Gasteiger partial charge is 0.354 e. The van der Waals surface area contributed by atoms with Crippen LogP contribution < -0.4 is 15.5 Å². The van der Waals surface area contributed by atoms with E-state index < -0.39 is 6.03 Å². The smallest absolute Gasteiger partial charge is 0.321 e. The molecule has 2 rings (SSSR count). The second-order valence-corrected chi connectivity index (χ2v) is 5.61. The Balaban J connectivity index is 1.67. The third-order valence-electron chi connectivity index (χ3n) is 3.78. The molecule has 1 aromatic heterocycles. The summed E-state index contributed by atoms with van der Waals surface area (Å²) in [5.74, 6) is 0.706.